The highest BCUT2D eigenvalue weighted by Gasteiger charge is 2.47. The summed E-state index contributed by atoms with van der Waals surface area (Å²) in [6.07, 6.45) is 6.10. The number of ketones is 1. The van der Waals surface area contributed by atoms with Gasteiger partial charge in [-0.05, 0) is 62.9 Å². The lowest BCUT2D eigenvalue weighted by atomic mass is 9.94. The number of carbonyl (C=O) groups is 2. The predicted octanol–water partition coefficient (Wildman–Crippen LogP) is 3.64. The summed E-state index contributed by atoms with van der Waals surface area (Å²) in [5.74, 6) is 0.150. The van der Waals surface area contributed by atoms with Crippen LogP contribution < -0.4 is 9.47 Å². The fraction of sp³-hybridized carbons (Fsp3) is 0.600. The van der Waals surface area contributed by atoms with Gasteiger partial charge in [-0.1, -0.05) is 19.4 Å². The van der Waals surface area contributed by atoms with Crippen molar-refractivity contribution in [2.24, 2.45) is 5.92 Å². The summed E-state index contributed by atoms with van der Waals surface area (Å²) < 4.78 is 11.3. The number of methoxy groups -OCH3 is 1. The zero-order valence-corrected chi connectivity index (χ0v) is 19.1. The average Bonchev–Trinajstić information content (AvgIpc) is 3.64. The van der Waals surface area contributed by atoms with Crippen LogP contribution in [0.4, 0.5) is 0 Å². The van der Waals surface area contributed by atoms with Crippen molar-refractivity contribution in [1.82, 2.24) is 9.80 Å². The van der Waals surface area contributed by atoms with Gasteiger partial charge in [-0.2, -0.15) is 0 Å². The summed E-state index contributed by atoms with van der Waals surface area (Å²) in [7, 11) is 1.58. The van der Waals surface area contributed by atoms with Crippen molar-refractivity contribution in [3.63, 3.8) is 0 Å². The van der Waals surface area contributed by atoms with Crippen LogP contribution in [0.5, 0.6) is 11.5 Å². The second kappa shape index (κ2) is 9.94. The molecule has 1 aliphatic carbocycles. The molecular weight excluding hydrogens is 408 g/mol. The van der Waals surface area contributed by atoms with E-state index in [-0.39, 0.29) is 17.3 Å². The number of benzene rings is 1. The summed E-state index contributed by atoms with van der Waals surface area (Å²) in [6.45, 7) is 5.86. The van der Waals surface area contributed by atoms with Gasteiger partial charge in [-0.25, -0.2) is 0 Å². The van der Waals surface area contributed by atoms with Gasteiger partial charge < -0.3 is 24.4 Å². The molecule has 1 amide bonds. The lowest BCUT2D eigenvalue weighted by molar-refractivity contribution is -0.129. The predicted molar refractivity (Wildman–Crippen MR) is 121 cm³/mol. The Morgan fingerprint density at radius 3 is 2.53 bits per heavy atom. The first-order valence-corrected chi connectivity index (χ1v) is 11.9. The Hall–Kier alpha value is -2.54. The largest absolute Gasteiger partial charge is 0.503 e. The van der Waals surface area contributed by atoms with Crippen LogP contribution in [0.2, 0.25) is 0 Å². The van der Waals surface area contributed by atoms with Crippen molar-refractivity contribution in [2.45, 2.75) is 51.5 Å². The maximum Gasteiger partial charge on any atom is 0.290 e. The van der Waals surface area contributed by atoms with Crippen molar-refractivity contribution in [1.29, 1.82) is 0 Å². The average molecular weight is 443 g/mol. The minimum absolute atomic E-state index is 0.0847. The third kappa shape index (κ3) is 4.63. The molecule has 4 rings (SSSR count). The standard InChI is InChI=1S/C25H34N2O5/c1-3-15-32-19-10-9-18(16-20(19)31-2)22-21(23(28)17-7-8-17)24(29)25(30)27(22)14-13-26-11-5-4-6-12-26/h9-10,16-17,22,29H,3-8,11-15H2,1-2H3. The third-order valence-electron chi connectivity index (χ3n) is 6.59. The maximum atomic E-state index is 13.1. The number of rotatable bonds is 10. The summed E-state index contributed by atoms with van der Waals surface area (Å²) >= 11 is 0. The number of nitrogens with zero attached hydrogens (tertiary/aromatic N) is 2. The highest BCUT2D eigenvalue weighted by Crippen LogP contribution is 2.44. The molecule has 2 fully saturated rings. The number of amides is 1. The fourth-order valence-corrected chi connectivity index (χ4v) is 4.67. The van der Waals surface area contributed by atoms with E-state index in [1.165, 1.54) is 19.3 Å². The lowest BCUT2D eigenvalue weighted by Crippen LogP contribution is -2.40. The zero-order valence-electron chi connectivity index (χ0n) is 19.1. The van der Waals surface area contributed by atoms with Gasteiger partial charge in [-0.3, -0.25) is 9.59 Å². The molecule has 1 atom stereocenters. The molecule has 7 heteroatoms. The van der Waals surface area contributed by atoms with Gasteiger partial charge in [0.05, 0.1) is 25.3 Å². The summed E-state index contributed by atoms with van der Waals surface area (Å²) in [5.41, 5.74) is 0.992. The molecule has 2 aliphatic heterocycles. The first kappa shape index (κ1) is 22.6. The summed E-state index contributed by atoms with van der Waals surface area (Å²) in [6, 6.07) is 4.92. The van der Waals surface area contributed by atoms with E-state index < -0.39 is 17.7 Å². The van der Waals surface area contributed by atoms with E-state index in [0.717, 1.165) is 44.5 Å². The molecule has 1 aromatic carbocycles. The van der Waals surface area contributed by atoms with Gasteiger partial charge in [0.2, 0.25) is 0 Å². The van der Waals surface area contributed by atoms with Crippen LogP contribution in [0.15, 0.2) is 29.5 Å². The van der Waals surface area contributed by atoms with Crippen molar-refractivity contribution >= 4 is 11.7 Å². The number of hydrogen-bond donors (Lipinski definition) is 1. The molecule has 1 N–H and O–H groups in total. The number of aliphatic hydroxyl groups excluding tert-OH is 1. The Morgan fingerprint density at radius 2 is 1.88 bits per heavy atom. The lowest BCUT2D eigenvalue weighted by Gasteiger charge is -2.32. The van der Waals surface area contributed by atoms with Gasteiger partial charge in [0, 0.05) is 19.0 Å². The second-order valence-electron chi connectivity index (χ2n) is 8.96. The Labute approximate surface area is 190 Å². The van der Waals surface area contributed by atoms with Gasteiger partial charge >= 0.3 is 0 Å². The Morgan fingerprint density at radius 1 is 1.12 bits per heavy atom. The van der Waals surface area contributed by atoms with Crippen LogP contribution in [0.1, 0.15) is 57.1 Å². The molecule has 174 valence electrons. The van der Waals surface area contributed by atoms with Crippen molar-refractivity contribution in [2.75, 3.05) is 39.9 Å². The molecule has 0 aromatic heterocycles. The van der Waals surface area contributed by atoms with Crippen LogP contribution in [0.3, 0.4) is 0 Å². The van der Waals surface area contributed by atoms with Crippen molar-refractivity contribution in [3.8, 4) is 11.5 Å². The number of Topliss-reactive ketones (excluding diaryl/α,β-unsaturated/α-hetero) is 1. The molecule has 1 saturated heterocycles. The topological polar surface area (TPSA) is 79.3 Å². The highest BCUT2D eigenvalue weighted by molar-refractivity contribution is 6.10. The molecule has 32 heavy (non-hydrogen) atoms. The number of likely N-dealkylation sites (tertiary alicyclic amines) is 1. The van der Waals surface area contributed by atoms with Gasteiger partial charge in [-0.15, -0.1) is 0 Å². The second-order valence-corrected chi connectivity index (χ2v) is 8.96. The summed E-state index contributed by atoms with van der Waals surface area (Å²) in [4.78, 5) is 30.2. The van der Waals surface area contributed by atoms with E-state index in [1.807, 2.05) is 25.1 Å². The number of piperidine rings is 1. The smallest absolute Gasteiger partial charge is 0.290 e. The molecular formula is C25H34N2O5. The summed E-state index contributed by atoms with van der Waals surface area (Å²) in [5, 5.41) is 10.7. The number of carbonyl (C=O) groups excluding carboxylic acids is 2. The molecule has 7 nitrogen and oxygen atoms in total. The molecule has 0 radical (unpaired) electrons. The van der Waals surface area contributed by atoms with Gasteiger partial charge in [0.1, 0.15) is 0 Å². The molecule has 2 heterocycles. The van der Waals surface area contributed by atoms with Crippen molar-refractivity contribution < 1.29 is 24.2 Å². The minimum atomic E-state index is -0.602. The molecule has 1 saturated carbocycles. The van der Waals surface area contributed by atoms with E-state index in [9.17, 15) is 14.7 Å². The molecule has 1 unspecified atom stereocenters. The Bertz CT molecular complexity index is 886. The third-order valence-corrected chi connectivity index (χ3v) is 6.59. The molecule has 3 aliphatic rings. The van der Waals surface area contributed by atoms with Gasteiger partial charge in [0.25, 0.3) is 5.91 Å². The normalized spacial score (nSPS) is 21.9. The van der Waals surface area contributed by atoms with E-state index in [1.54, 1.807) is 12.0 Å². The first-order valence-electron chi connectivity index (χ1n) is 11.9. The quantitative estimate of drug-likeness (QED) is 0.596. The Kier molecular flexibility index (Phi) is 7.04. The molecule has 1 aromatic rings. The van der Waals surface area contributed by atoms with E-state index in [0.29, 0.717) is 24.7 Å². The molecule has 0 bridgehead atoms. The van der Waals surface area contributed by atoms with E-state index in [2.05, 4.69) is 4.90 Å². The highest BCUT2D eigenvalue weighted by atomic mass is 16.5. The number of aliphatic hydroxyl groups is 1. The minimum Gasteiger partial charge on any atom is -0.503 e. The van der Waals surface area contributed by atoms with Crippen LogP contribution in [-0.2, 0) is 9.59 Å². The van der Waals surface area contributed by atoms with Gasteiger partial charge in [0.15, 0.2) is 23.0 Å². The first-order chi connectivity index (χ1) is 15.5. The Balaban J connectivity index is 1.64. The number of hydrogen-bond acceptors (Lipinski definition) is 6. The van der Waals surface area contributed by atoms with Crippen LogP contribution in [0.25, 0.3) is 0 Å². The maximum absolute atomic E-state index is 13.1. The zero-order chi connectivity index (χ0) is 22.7. The van der Waals surface area contributed by atoms with Crippen LogP contribution >= 0.6 is 0 Å². The SMILES string of the molecule is CCCOc1ccc(C2C(C(=O)C3CC3)=C(O)C(=O)N2CCN2CCCCC2)cc1OC. The fourth-order valence-electron chi connectivity index (χ4n) is 4.67. The molecule has 0 spiro atoms. The van der Waals surface area contributed by atoms with Crippen molar-refractivity contribution in [3.05, 3.63) is 35.1 Å². The van der Waals surface area contributed by atoms with E-state index >= 15 is 0 Å². The van der Waals surface area contributed by atoms with Crippen LogP contribution in [-0.4, -0.2) is 66.5 Å². The van der Waals surface area contributed by atoms with Crippen LogP contribution in [0, 0.1) is 5.92 Å². The van der Waals surface area contributed by atoms with E-state index in [4.69, 9.17) is 9.47 Å². The monoisotopic (exact) mass is 442 g/mol. The number of ether oxygens (including phenoxy) is 2.